The van der Waals surface area contributed by atoms with Gasteiger partial charge in [-0.25, -0.2) is 8.42 Å². The Morgan fingerprint density at radius 3 is 2.36 bits per heavy atom. The van der Waals surface area contributed by atoms with Gasteiger partial charge in [-0.2, -0.15) is 0 Å². The molecule has 86 valence electrons. The SMILES string of the molecule is CC(CCO)CNC(C)CS(C)(=O)=O. The van der Waals surface area contributed by atoms with Gasteiger partial charge in [-0.15, -0.1) is 0 Å². The van der Waals surface area contributed by atoms with E-state index < -0.39 is 9.84 Å². The van der Waals surface area contributed by atoms with Gasteiger partial charge >= 0.3 is 0 Å². The van der Waals surface area contributed by atoms with E-state index in [9.17, 15) is 8.42 Å². The first-order valence-corrected chi connectivity index (χ1v) is 6.93. The smallest absolute Gasteiger partial charge is 0.148 e. The zero-order valence-electron chi connectivity index (χ0n) is 9.16. The highest BCUT2D eigenvalue weighted by Gasteiger charge is 2.10. The van der Waals surface area contributed by atoms with Crippen LogP contribution in [-0.2, 0) is 9.84 Å². The molecule has 0 aliphatic carbocycles. The van der Waals surface area contributed by atoms with Gasteiger partial charge in [-0.3, -0.25) is 0 Å². The quantitative estimate of drug-likeness (QED) is 0.639. The van der Waals surface area contributed by atoms with Crippen molar-refractivity contribution in [1.82, 2.24) is 5.32 Å². The van der Waals surface area contributed by atoms with Crippen LogP contribution in [0.3, 0.4) is 0 Å². The Kier molecular flexibility index (Phi) is 6.31. The van der Waals surface area contributed by atoms with Crippen molar-refractivity contribution >= 4 is 9.84 Å². The van der Waals surface area contributed by atoms with Gasteiger partial charge in [0, 0.05) is 18.9 Å². The summed E-state index contributed by atoms with van der Waals surface area (Å²) in [6.45, 7) is 4.81. The summed E-state index contributed by atoms with van der Waals surface area (Å²) >= 11 is 0. The molecule has 0 radical (unpaired) electrons. The molecule has 5 heteroatoms. The number of aliphatic hydroxyl groups excluding tert-OH is 1. The maximum Gasteiger partial charge on any atom is 0.148 e. The van der Waals surface area contributed by atoms with Crippen molar-refractivity contribution in [1.29, 1.82) is 0 Å². The van der Waals surface area contributed by atoms with E-state index in [-0.39, 0.29) is 18.4 Å². The fourth-order valence-corrected chi connectivity index (χ4v) is 2.26. The van der Waals surface area contributed by atoms with Crippen LogP contribution in [0.25, 0.3) is 0 Å². The van der Waals surface area contributed by atoms with Gasteiger partial charge in [0.1, 0.15) is 9.84 Å². The number of aliphatic hydroxyl groups is 1. The second-order valence-electron chi connectivity index (χ2n) is 4.02. The highest BCUT2D eigenvalue weighted by molar-refractivity contribution is 7.90. The monoisotopic (exact) mass is 223 g/mol. The van der Waals surface area contributed by atoms with Crippen LogP contribution in [0.1, 0.15) is 20.3 Å². The third-order valence-electron chi connectivity index (χ3n) is 1.99. The number of hydrogen-bond acceptors (Lipinski definition) is 4. The molecule has 2 atom stereocenters. The van der Waals surface area contributed by atoms with E-state index in [1.807, 2.05) is 13.8 Å². The molecule has 0 rings (SSSR count). The van der Waals surface area contributed by atoms with Gasteiger partial charge < -0.3 is 10.4 Å². The van der Waals surface area contributed by atoms with E-state index in [1.54, 1.807) is 0 Å². The van der Waals surface area contributed by atoms with Crippen LogP contribution in [-0.4, -0.2) is 44.7 Å². The van der Waals surface area contributed by atoms with Crippen LogP contribution < -0.4 is 5.32 Å². The van der Waals surface area contributed by atoms with Gasteiger partial charge in [0.2, 0.25) is 0 Å². The summed E-state index contributed by atoms with van der Waals surface area (Å²) in [5, 5.41) is 11.8. The number of nitrogens with one attached hydrogen (secondary N) is 1. The molecule has 0 saturated heterocycles. The molecule has 0 heterocycles. The molecular formula is C9H21NO3S. The molecule has 2 N–H and O–H groups in total. The Hall–Kier alpha value is -0.130. The summed E-state index contributed by atoms with van der Waals surface area (Å²) in [5.41, 5.74) is 0. The topological polar surface area (TPSA) is 66.4 Å². The third kappa shape index (κ3) is 8.47. The van der Waals surface area contributed by atoms with E-state index in [1.165, 1.54) is 6.26 Å². The standard InChI is InChI=1S/C9H21NO3S/c1-8(4-5-11)6-10-9(2)7-14(3,12)13/h8-11H,4-7H2,1-3H3. The van der Waals surface area contributed by atoms with Crippen LogP contribution in [0.2, 0.25) is 0 Å². The highest BCUT2D eigenvalue weighted by Crippen LogP contribution is 1.99. The maximum absolute atomic E-state index is 10.9. The lowest BCUT2D eigenvalue weighted by Gasteiger charge is -2.16. The minimum Gasteiger partial charge on any atom is -0.396 e. The summed E-state index contributed by atoms with van der Waals surface area (Å²) in [6, 6.07) is -0.0221. The van der Waals surface area contributed by atoms with Crippen LogP contribution in [0.5, 0.6) is 0 Å². The summed E-state index contributed by atoms with van der Waals surface area (Å²) in [4.78, 5) is 0. The van der Waals surface area contributed by atoms with Gasteiger partial charge in [-0.05, 0) is 25.8 Å². The molecule has 0 fully saturated rings. The van der Waals surface area contributed by atoms with Crippen molar-refractivity contribution in [2.75, 3.05) is 25.2 Å². The molecule has 0 amide bonds. The van der Waals surface area contributed by atoms with Gasteiger partial charge in [0.05, 0.1) is 5.75 Å². The second kappa shape index (κ2) is 6.37. The fraction of sp³-hybridized carbons (Fsp3) is 1.00. The van der Waals surface area contributed by atoms with E-state index in [2.05, 4.69) is 5.32 Å². The number of sulfone groups is 1. The molecule has 2 unspecified atom stereocenters. The molecule has 0 aromatic rings. The molecular weight excluding hydrogens is 202 g/mol. The first-order valence-electron chi connectivity index (χ1n) is 4.87. The number of rotatable bonds is 7. The van der Waals surface area contributed by atoms with Gasteiger partial charge in [0.25, 0.3) is 0 Å². The summed E-state index contributed by atoms with van der Waals surface area (Å²) < 4.78 is 21.9. The Morgan fingerprint density at radius 1 is 1.36 bits per heavy atom. The van der Waals surface area contributed by atoms with Crippen molar-refractivity contribution in [3.05, 3.63) is 0 Å². The number of hydrogen-bond donors (Lipinski definition) is 2. The Labute approximate surface area is 86.6 Å². The van der Waals surface area contributed by atoms with Gasteiger partial charge in [0.15, 0.2) is 0 Å². The zero-order chi connectivity index (χ0) is 11.2. The fourth-order valence-electron chi connectivity index (χ4n) is 1.24. The molecule has 0 aromatic heterocycles. The van der Waals surface area contributed by atoms with Gasteiger partial charge in [-0.1, -0.05) is 6.92 Å². The normalized spacial score (nSPS) is 16.6. The molecule has 0 aliphatic heterocycles. The summed E-state index contributed by atoms with van der Waals surface area (Å²) in [5.74, 6) is 0.542. The van der Waals surface area contributed by atoms with E-state index >= 15 is 0 Å². The lowest BCUT2D eigenvalue weighted by molar-refractivity contribution is 0.258. The molecule has 4 nitrogen and oxygen atoms in total. The van der Waals surface area contributed by atoms with Crippen molar-refractivity contribution in [3.63, 3.8) is 0 Å². The third-order valence-corrected chi connectivity index (χ3v) is 3.09. The van der Waals surface area contributed by atoms with E-state index in [4.69, 9.17) is 5.11 Å². The molecule has 0 saturated carbocycles. The van der Waals surface area contributed by atoms with Crippen LogP contribution in [0.15, 0.2) is 0 Å². The summed E-state index contributed by atoms with van der Waals surface area (Å²) in [6.07, 6.45) is 1.99. The summed E-state index contributed by atoms with van der Waals surface area (Å²) in [7, 11) is -2.90. The minimum absolute atomic E-state index is 0.0221. The molecule has 14 heavy (non-hydrogen) atoms. The highest BCUT2D eigenvalue weighted by atomic mass is 32.2. The average Bonchev–Trinajstić information content (AvgIpc) is 1.98. The van der Waals surface area contributed by atoms with Crippen molar-refractivity contribution < 1.29 is 13.5 Å². The predicted octanol–water partition coefficient (Wildman–Crippen LogP) is 0.0276. The largest absolute Gasteiger partial charge is 0.396 e. The maximum atomic E-state index is 10.9. The zero-order valence-corrected chi connectivity index (χ0v) is 9.97. The lowest BCUT2D eigenvalue weighted by Crippen LogP contribution is -2.35. The van der Waals surface area contributed by atoms with E-state index in [0.29, 0.717) is 5.92 Å². The Bertz CT molecular complexity index is 238. The van der Waals surface area contributed by atoms with Crippen molar-refractivity contribution in [2.45, 2.75) is 26.3 Å². The molecule has 0 aliphatic rings. The van der Waals surface area contributed by atoms with Crippen LogP contribution in [0.4, 0.5) is 0 Å². The Morgan fingerprint density at radius 2 is 1.93 bits per heavy atom. The molecule has 0 spiro atoms. The van der Waals surface area contributed by atoms with Crippen molar-refractivity contribution in [3.8, 4) is 0 Å². The van der Waals surface area contributed by atoms with Crippen LogP contribution >= 0.6 is 0 Å². The minimum atomic E-state index is -2.90. The predicted molar refractivity (Wildman–Crippen MR) is 58.0 cm³/mol. The van der Waals surface area contributed by atoms with E-state index in [0.717, 1.165) is 13.0 Å². The molecule has 0 aromatic carbocycles. The Balaban J connectivity index is 3.69. The first-order chi connectivity index (χ1) is 6.35. The van der Waals surface area contributed by atoms with Crippen LogP contribution in [0, 0.1) is 5.92 Å². The van der Waals surface area contributed by atoms with Crippen molar-refractivity contribution in [2.24, 2.45) is 5.92 Å². The first kappa shape index (κ1) is 13.9. The molecule has 0 bridgehead atoms. The average molecular weight is 223 g/mol. The lowest BCUT2D eigenvalue weighted by atomic mass is 10.1. The second-order valence-corrected chi connectivity index (χ2v) is 6.20.